The number of rotatable bonds is 10. The van der Waals surface area contributed by atoms with Gasteiger partial charge in [0, 0.05) is 98.1 Å². The summed E-state index contributed by atoms with van der Waals surface area (Å²) in [5, 5.41) is 0. The standard InChI is InChI=1S/C12H24.C10H22.C10H20.3CH4.3Y/c1-10(2)9-11(3)7-8-12(4,5)6;2*1-8(2)6-10(5)7-9(3)4;;;;;;/h7-8,10-11H,9H2,1-6H3;8-10H,6-7H2,1-5H3;6,8-9H,7H2,1-5H3;3*1H4;;;/b8-7+;;10-6+;;;;;;. The summed E-state index contributed by atoms with van der Waals surface area (Å²) >= 11 is 0. The Balaban J connectivity index is -0.0000000442. The molecular weight excluding hydrogens is 687 g/mol. The molecule has 0 saturated carbocycles. The van der Waals surface area contributed by atoms with Crippen molar-refractivity contribution in [2.24, 2.45) is 46.8 Å². The van der Waals surface area contributed by atoms with Crippen molar-refractivity contribution in [3.63, 3.8) is 0 Å². The van der Waals surface area contributed by atoms with Gasteiger partial charge in [0.15, 0.2) is 0 Å². The monoisotopic (exact) mass is 765 g/mol. The fraction of sp³-hybridized carbons (Fsp3) is 0.886. The Kier molecular flexibility index (Phi) is 63.6. The second kappa shape index (κ2) is 37.8. The first-order valence-electron chi connectivity index (χ1n) is 13.7. The zero-order chi connectivity index (χ0) is 26.1. The third-order valence-electron chi connectivity index (χ3n) is 4.86. The number of hydrogen-bond donors (Lipinski definition) is 0. The van der Waals surface area contributed by atoms with Crippen molar-refractivity contribution in [3.05, 3.63) is 23.8 Å². The molecule has 0 nitrogen and oxygen atoms in total. The first-order valence-corrected chi connectivity index (χ1v) is 13.7. The van der Waals surface area contributed by atoms with Crippen molar-refractivity contribution >= 4 is 0 Å². The molecule has 0 aliphatic rings. The van der Waals surface area contributed by atoms with E-state index in [1.165, 1.54) is 31.3 Å². The number of hydrogen-bond acceptors (Lipinski definition) is 0. The van der Waals surface area contributed by atoms with Gasteiger partial charge in [-0.1, -0.05) is 150 Å². The predicted molar refractivity (Wildman–Crippen MR) is 174 cm³/mol. The zero-order valence-electron chi connectivity index (χ0n) is 27.3. The fourth-order valence-electron chi connectivity index (χ4n) is 4.26. The molecule has 0 fully saturated rings. The Morgan fingerprint density at radius 1 is 0.579 bits per heavy atom. The van der Waals surface area contributed by atoms with Crippen LogP contribution in [0.2, 0.25) is 0 Å². The fourth-order valence-corrected chi connectivity index (χ4v) is 4.26. The van der Waals surface area contributed by atoms with Crippen LogP contribution in [0.25, 0.3) is 0 Å². The van der Waals surface area contributed by atoms with Crippen molar-refractivity contribution < 1.29 is 98.1 Å². The maximum Gasteiger partial charge on any atom is 0 e. The van der Waals surface area contributed by atoms with E-state index in [1.54, 1.807) is 0 Å². The molecule has 0 rings (SSSR count). The van der Waals surface area contributed by atoms with Gasteiger partial charge in [-0.05, 0) is 79.4 Å². The van der Waals surface area contributed by atoms with Crippen molar-refractivity contribution in [2.45, 2.75) is 159 Å². The SMILES string of the molecule is C.C.C.C/C(=C\C(C)C)CC(C)C.CC(C)CC(C)/C=C/C(C)(C)C.CC(C)CC(C)CC(C)C.[Y].[Y].[Y]. The summed E-state index contributed by atoms with van der Waals surface area (Å²) in [4.78, 5) is 0. The third kappa shape index (κ3) is 66.8. The van der Waals surface area contributed by atoms with Gasteiger partial charge in [0.1, 0.15) is 0 Å². The van der Waals surface area contributed by atoms with E-state index < -0.39 is 0 Å². The van der Waals surface area contributed by atoms with Crippen LogP contribution in [-0.4, -0.2) is 0 Å². The summed E-state index contributed by atoms with van der Waals surface area (Å²) in [6, 6.07) is 0. The van der Waals surface area contributed by atoms with Gasteiger partial charge >= 0.3 is 0 Å². The normalized spacial score (nSPS) is 11.7. The van der Waals surface area contributed by atoms with E-state index in [4.69, 9.17) is 0 Å². The van der Waals surface area contributed by atoms with Gasteiger partial charge in [0.25, 0.3) is 0 Å². The average molecular weight is 766 g/mol. The van der Waals surface area contributed by atoms with Crippen molar-refractivity contribution in [3.8, 4) is 0 Å². The van der Waals surface area contributed by atoms with Crippen LogP contribution in [-0.2, 0) is 98.1 Å². The minimum atomic E-state index is 0. The molecule has 0 spiro atoms. The molecule has 0 amide bonds. The topological polar surface area (TPSA) is 0 Å². The molecule has 38 heavy (non-hydrogen) atoms. The summed E-state index contributed by atoms with van der Waals surface area (Å²) in [6.07, 6.45) is 12.3. The molecule has 3 radical (unpaired) electrons. The minimum Gasteiger partial charge on any atom is -0.0852 e. The first kappa shape index (κ1) is 63.9. The second-order valence-corrected chi connectivity index (χ2v) is 13.6. The molecule has 0 bridgehead atoms. The van der Waals surface area contributed by atoms with Crippen LogP contribution in [0.4, 0.5) is 0 Å². The van der Waals surface area contributed by atoms with Crippen LogP contribution in [0.15, 0.2) is 23.8 Å². The average Bonchev–Trinajstić information content (AvgIpc) is 2.49. The van der Waals surface area contributed by atoms with Gasteiger partial charge in [-0.15, -0.1) is 0 Å². The van der Waals surface area contributed by atoms with Crippen LogP contribution in [0.1, 0.15) is 159 Å². The van der Waals surface area contributed by atoms with E-state index in [9.17, 15) is 0 Å². The summed E-state index contributed by atoms with van der Waals surface area (Å²) in [5.74, 6) is 5.70. The van der Waals surface area contributed by atoms with Crippen molar-refractivity contribution in [1.82, 2.24) is 0 Å². The Morgan fingerprint density at radius 3 is 1.16 bits per heavy atom. The minimum absolute atomic E-state index is 0. The van der Waals surface area contributed by atoms with E-state index in [0.717, 1.165) is 35.5 Å². The van der Waals surface area contributed by atoms with Gasteiger partial charge in [0.05, 0.1) is 0 Å². The quantitative estimate of drug-likeness (QED) is 0.194. The van der Waals surface area contributed by atoms with Gasteiger partial charge in [-0.3, -0.25) is 0 Å². The van der Waals surface area contributed by atoms with Crippen LogP contribution >= 0.6 is 0 Å². The Morgan fingerprint density at radius 2 is 0.921 bits per heavy atom. The maximum atomic E-state index is 2.36. The van der Waals surface area contributed by atoms with Gasteiger partial charge in [-0.25, -0.2) is 0 Å². The molecule has 1 atom stereocenters. The van der Waals surface area contributed by atoms with Crippen LogP contribution in [0, 0.1) is 46.8 Å². The van der Waals surface area contributed by atoms with Crippen LogP contribution in [0.5, 0.6) is 0 Å². The number of allylic oxidation sites excluding steroid dienone is 4. The Hall–Kier alpha value is 2.79. The summed E-state index contributed by atoms with van der Waals surface area (Å²) in [7, 11) is 0. The molecule has 0 saturated heterocycles. The Labute approximate surface area is 323 Å². The maximum absolute atomic E-state index is 2.36. The first-order chi connectivity index (χ1) is 14.3. The molecular formula is C35H78Y3. The Bertz CT molecular complexity index is 456. The van der Waals surface area contributed by atoms with E-state index in [0.29, 0.717) is 11.3 Å². The van der Waals surface area contributed by atoms with E-state index >= 15 is 0 Å². The van der Waals surface area contributed by atoms with Crippen LogP contribution < -0.4 is 0 Å². The third-order valence-corrected chi connectivity index (χ3v) is 4.86. The molecule has 227 valence electrons. The zero-order valence-corrected chi connectivity index (χ0v) is 35.8. The summed E-state index contributed by atoms with van der Waals surface area (Å²) in [6.45, 7) is 36.3. The molecule has 0 N–H and O–H groups in total. The molecule has 0 aromatic carbocycles. The molecule has 0 aliphatic carbocycles. The van der Waals surface area contributed by atoms with Gasteiger partial charge in [0.2, 0.25) is 0 Å². The molecule has 0 heterocycles. The molecule has 0 aromatic rings. The van der Waals surface area contributed by atoms with E-state index in [2.05, 4.69) is 129 Å². The molecule has 0 aliphatic heterocycles. The van der Waals surface area contributed by atoms with Gasteiger partial charge < -0.3 is 0 Å². The predicted octanol–water partition coefficient (Wildman–Crippen LogP) is 13.5. The largest absolute Gasteiger partial charge is 0.0852 e. The summed E-state index contributed by atoms with van der Waals surface area (Å²) in [5.41, 5.74) is 1.87. The van der Waals surface area contributed by atoms with Gasteiger partial charge in [-0.2, -0.15) is 0 Å². The second-order valence-electron chi connectivity index (χ2n) is 13.6. The molecule has 0 aromatic heterocycles. The van der Waals surface area contributed by atoms with E-state index in [-0.39, 0.29) is 120 Å². The molecule has 3 heteroatoms. The smallest absolute Gasteiger partial charge is 0 e. The summed E-state index contributed by atoms with van der Waals surface area (Å²) < 4.78 is 0. The van der Waals surface area contributed by atoms with Crippen molar-refractivity contribution in [2.75, 3.05) is 0 Å². The van der Waals surface area contributed by atoms with E-state index in [1.807, 2.05) is 0 Å². The van der Waals surface area contributed by atoms with Crippen molar-refractivity contribution in [1.29, 1.82) is 0 Å². The van der Waals surface area contributed by atoms with Crippen LogP contribution in [0.3, 0.4) is 0 Å². The molecule has 1 unspecified atom stereocenters.